The number of carbonyl (C=O) groups excluding carboxylic acids is 1. The van der Waals surface area contributed by atoms with Gasteiger partial charge in [-0.25, -0.2) is 4.79 Å². The predicted octanol–water partition coefficient (Wildman–Crippen LogP) is -0.266. The molecule has 18 heavy (non-hydrogen) atoms. The third kappa shape index (κ3) is 3.05. The monoisotopic (exact) mass is 252 g/mol. The first kappa shape index (κ1) is 13.2. The molecule has 9 heteroatoms. The van der Waals surface area contributed by atoms with E-state index in [9.17, 15) is 19.7 Å². The number of nitrogens with one attached hydrogen (secondary N) is 1. The molecule has 0 aliphatic heterocycles. The van der Waals surface area contributed by atoms with Crippen LogP contribution in [-0.4, -0.2) is 33.0 Å². The summed E-state index contributed by atoms with van der Waals surface area (Å²) in [6, 6.07) is 2.54. The molecule has 0 radical (unpaired) electrons. The number of nitrogens with zero attached hydrogens (tertiary/aromatic N) is 3. The molecule has 0 aliphatic carbocycles. The zero-order valence-corrected chi connectivity index (χ0v) is 8.99. The molecule has 0 aromatic carbocycles. The van der Waals surface area contributed by atoms with E-state index in [4.69, 9.17) is 10.4 Å². The summed E-state index contributed by atoms with van der Waals surface area (Å²) in [5.41, 5.74) is -0.783. The van der Waals surface area contributed by atoms with E-state index < -0.39 is 29.0 Å². The first-order valence-corrected chi connectivity index (χ1v) is 4.67. The summed E-state index contributed by atoms with van der Waals surface area (Å²) in [6.45, 7) is -0.623. The summed E-state index contributed by atoms with van der Waals surface area (Å²) >= 11 is 0. The number of carboxylic acid groups (broad SMARTS) is 1. The molecule has 1 heterocycles. The van der Waals surface area contributed by atoms with E-state index in [1.54, 1.807) is 6.07 Å². The Labute approximate surface area is 100 Å². The Kier molecular flexibility index (Phi) is 3.98. The summed E-state index contributed by atoms with van der Waals surface area (Å²) in [7, 11) is 0. The van der Waals surface area contributed by atoms with Crippen molar-refractivity contribution >= 4 is 17.6 Å². The van der Waals surface area contributed by atoms with E-state index in [0.717, 1.165) is 16.8 Å². The molecule has 0 bridgehead atoms. The number of nitriles is 1. The largest absolute Gasteiger partial charge is 0.477 e. The van der Waals surface area contributed by atoms with Gasteiger partial charge in [0.25, 0.3) is 5.69 Å². The van der Waals surface area contributed by atoms with Crippen LogP contribution >= 0.6 is 0 Å². The zero-order chi connectivity index (χ0) is 13.7. The van der Waals surface area contributed by atoms with E-state index in [-0.39, 0.29) is 12.2 Å². The van der Waals surface area contributed by atoms with Crippen LogP contribution in [0.4, 0.5) is 5.69 Å². The van der Waals surface area contributed by atoms with Crippen LogP contribution in [0, 0.1) is 21.4 Å². The minimum Gasteiger partial charge on any atom is -0.477 e. The molecule has 0 spiro atoms. The van der Waals surface area contributed by atoms with Gasteiger partial charge in [0.15, 0.2) is 0 Å². The van der Waals surface area contributed by atoms with Crippen LogP contribution in [0.3, 0.4) is 0 Å². The number of amides is 1. The summed E-state index contributed by atoms with van der Waals surface area (Å²) < 4.78 is 0.938. The zero-order valence-electron chi connectivity index (χ0n) is 8.99. The van der Waals surface area contributed by atoms with Gasteiger partial charge in [-0.15, -0.1) is 0 Å². The molecule has 9 nitrogen and oxygen atoms in total. The van der Waals surface area contributed by atoms with Crippen molar-refractivity contribution in [3.05, 3.63) is 28.1 Å². The molecule has 0 unspecified atom stereocenters. The van der Waals surface area contributed by atoms with Crippen LogP contribution in [0.15, 0.2) is 12.3 Å². The third-order valence-corrected chi connectivity index (χ3v) is 1.99. The molecule has 0 saturated carbocycles. The van der Waals surface area contributed by atoms with Gasteiger partial charge >= 0.3 is 5.97 Å². The minimum absolute atomic E-state index is 0.218. The highest BCUT2D eigenvalue weighted by Crippen LogP contribution is 2.16. The van der Waals surface area contributed by atoms with E-state index in [2.05, 4.69) is 5.32 Å². The lowest BCUT2D eigenvalue weighted by atomic mass is 10.4. The van der Waals surface area contributed by atoms with Crippen molar-refractivity contribution < 1.29 is 19.6 Å². The van der Waals surface area contributed by atoms with Gasteiger partial charge in [0.2, 0.25) is 5.91 Å². The number of carbonyl (C=O) groups is 2. The van der Waals surface area contributed by atoms with Crippen molar-refractivity contribution in [2.24, 2.45) is 0 Å². The fourth-order valence-electron chi connectivity index (χ4n) is 1.25. The first-order valence-electron chi connectivity index (χ1n) is 4.67. The lowest BCUT2D eigenvalue weighted by molar-refractivity contribution is -0.384. The number of rotatable bonds is 5. The smallest absolute Gasteiger partial charge is 0.352 e. The van der Waals surface area contributed by atoms with Gasteiger partial charge in [0.05, 0.1) is 17.2 Å². The number of aromatic carboxylic acids is 1. The average Bonchev–Trinajstić information content (AvgIpc) is 2.70. The van der Waals surface area contributed by atoms with Crippen LogP contribution in [0.25, 0.3) is 0 Å². The number of aromatic nitrogens is 1. The van der Waals surface area contributed by atoms with Crippen LogP contribution in [0.1, 0.15) is 10.5 Å². The summed E-state index contributed by atoms with van der Waals surface area (Å²) in [5, 5.41) is 29.8. The van der Waals surface area contributed by atoms with Crippen LogP contribution in [0.5, 0.6) is 0 Å². The Morgan fingerprint density at radius 3 is 2.78 bits per heavy atom. The van der Waals surface area contributed by atoms with Crippen LogP contribution in [0.2, 0.25) is 0 Å². The molecule has 1 aromatic rings. The standard InChI is InChI=1S/C9H8N4O5/c10-1-2-11-8(14)5-12-4-6(13(17)18)3-7(12)9(15)16/h3-4H,2,5H2,(H,11,14)(H,15,16). The molecule has 94 valence electrons. The van der Waals surface area contributed by atoms with E-state index >= 15 is 0 Å². The lowest BCUT2D eigenvalue weighted by Gasteiger charge is -2.04. The highest BCUT2D eigenvalue weighted by Gasteiger charge is 2.19. The molecule has 1 aromatic heterocycles. The molecule has 1 amide bonds. The number of hydrogen-bond donors (Lipinski definition) is 2. The van der Waals surface area contributed by atoms with Crippen molar-refractivity contribution in [3.8, 4) is 6.07 Å². The van der Waals surface area contributed by atoms with Crippen LogP contribution in [-0.2, 0) is 11.3 Å². The molecular formula is C9H8N4O5. The molecule has 0 aliphatic rings. The normalized spacial score (nSPS) is 9.50. The number of hydrogen-bond acceptors (Lipinski definition) is 5. The van der Waals surface area contributed by atoms with Crippen molar-refractivity contribution in [2.75, 3.05) is 6.54 Å². The van der Waals surface area contributed by atoms with Gasteiger partial charge in [-0.05, 0) is 0 Å². The summed E-state index contributed by atoms with van der Waals surface area (Å²) in [4.78, 5) is 31.9. The molecule has 0 saturated heterocycles. The lowest BCUT2D eigenvalue weighted by Crippen LogP contribution is -2.28. The van der Waals surface area contributed by atoms with Gasteiger partial charge in [-0.1, -0.05) is 0 Å². The summed E-state index contributed by atoms with van der Waals surface area (Å²) in [6.07, 6.45) is 0.954. The fourth-order valence-corrected chi connectivity index (χ4v) is 1.25. The Balaban J connectivity index is 2.93. The maximum Gasteiger partial charge on any atom is 0.352 e. The molecule has 1 rings (SSSR count). The fraction of sp³-hybridized carbons (Fsp3) is 0.222. The van der Waals surface area contributed by atoms with Crippen molar-refractivity contribution in [3.63, 3.8) is 0 Å². The predicted molar refractivity (Wildman–Crippen MR) is 56.7 cm³/mol. The second-order valence-electron chi connectivity index (χ2n) is 3.21. The van der Waals surface area contributed by atoms with Gasteiger partial charge in [0.1, 0.15) is 18.8 Å². The molecule has 0 fully saturated rings. The Bertz CT molecular complexity index is 542. The maximum absolute atomic E-state index is 11.3. The van der Waals surface area contributed by atoms with E-state index in [1.165, 1.54) is 0 Å². The van der Waals surface area contributed by atoms with Gasteiger partial charge in [0, 0.05) is 6.07 Å². The molecule has 0 atom stereocenters. The second kappa shape index (κ2) is 5.44. The van der Waals surface area contributed by atoms with Crippen molar-refractivity contribution in [2.45, 2.75) is 6.54 Å². The van der Waals surface area contributed by atoms with Gasteiger partial charge in [-0.2, -0.15) is 5.26 Å². The van der Waals surface area contributed by atoms with Crippen molar-refractivity contribution in [1.82, 2.24) is 9.88 Å². The quantitative estimate of drug-likeness (QED) is 0.420. The third-order valence-electron chi connectivity index (χ3n) is 1.99. The Morgan fingerprint density at radius 1 is 1.61 bits per heavy atom. The Hall–Kier alpha value is -2.89. The van der Waals surface area contributed by atoms with Gasteiger partial charge in [-0.3, -0.25) is 14.9 Å². The first-order chi connectivity index (χ1) is 8.45. The number of nitro groups is 1. The number of carboxylic acids is 1. The highest BCUT2D eigenvalue weighted by molar-refractivity contribution is 5.88. The second-order valence-corrected chi connectivity index (χ2v) is 3.21. The van der Waals surface area contributed by atoms with E-state index in [1.807, 2.05) is 0 Å². The Morgan fingerprint density at radius 2 is 2.28 bits per heavy atom. The average molecular weight is 252 g/mol. The van der Waals surface area contributed by atoms with Crippen LogP contribution < -0.4 is 5.32 Å². The van der Waals surface area contributed by atoms with Crippen molar-refractivity contribution in [1.29, 1.82) is 5.26 Å². The van der Waals surface area contributed by atoms with E-state index in [0.29, 0.717) is 0 Å². The minimum atomic E-state index is -1.38. The van der Waals surface area contributed by atoms with Gasteiger partial charge < -0.3 is 15.0 Å². The SMILES string of the molecule is N#CCNC(=O)Cn1cc([N+](=O)[O-])cc1C(=O)O. The highest BCUT2D eigenvalue weighted by atomic mass is 16.6. The molecular weight excluding hydrogens is 244 g/mol. The topological polar surface area (TPSA) is 138 Å². The molecule has 2 N–H and O–H groups in total. The maximum atomic E-state index is 11.3. The summed E-state index contributed by atoms with van der Waals surface area (Å²) in [5.74, 6) is -1.99.